The van der Waals surface area contributed by atoms with Crippen LogP contribution in [0.25, 0.3) is 78.1 Å². The van der Waals surface area contributed by atoms with Gasteiger partial charge in [0, 0.05) is 51.1 Å². The Bertz CT molecular complexity index is 3810. The van der Waals surface area contributed by atoms with Gasteiger partial charge in [-0.2, -0.15) is 0 Å². The van der Waals surface area contributed by atoms with E-state index in [0.29, 0.717) is 5.92 Å². The largest absolute Gasteiger partial charge is 0.454 e. The van der Waals surface area contributed by atoms with Gasteiger partial charge in [0.2, 0.25) is 0 Å². The minimum atomic E-state index is -0.546. The summed E-state index contributed by atoms with van der Waals surface area (Å²) < 4.78 is 9.28. The average molecular weight is 860 g/mol. The van der Waals surface area contributed by atoms with Crippen molar-refractivity contribution in [1.82, 2.24) is 19.5 Å². The zero-order valence-electron chi connectivity index (χ0n) is 36.6. The molecule has 6 nitrogen and oxygen atoms in total. The second-order valence-electron chi connectivity index (χ2n) is 18.0. The molecule has 3 aliphatic rings. The number of para-hydroxylation sites is 3. The molecule has 1 spiro atoms. The maximum absolute atomic E-state index is 6.78. The van der Waals surface area contributed by atoms with E-state index >= 15 is 0 Å². The molecule has 0 amide bonds. The summed E-state index contributed by atoms with van der Waals surface area (Å²) in [6.45, 7) is 2.35. The molecule has 6 aromatic carbocycles. The zero-order valence-corrected chi connectivity index (χ0v) is 36.6. The van der Waals surface area contributed by atoms with Crippen molar-refractivity contribution in [3.05, 3.63) is 240 Å². The molecule has 5 aromatic heterocycles. The number of nitrogens with zero attached hydrogens (tertiary/aromatic N) is 5. The van der Waals surface area contributed by atoms with Gasteiger partial charge in [-0.25, -0.2) is 4.98 Å². The van der Waals surface area contributed by atoms with Gasteiger partial charge in [0.1, 0.15) is 5.58 Å². The lowest BCUT2D eigenvalue weighted by Gasteiger charge is -2.34. The van der Waals surface area contributed by atoms with Crippen molar-refractivity contribution < 1.29 is 4.42 Å². The first-order valence-electron chi connectivity index (χ1n) is 23.1. The van der Waals surface area contributed by atoms with E-state index in [1.807, 2.05) is 54.9 Å². The fraction of sp³-hybridized carbons (Fsp3) is 0.0656. The van der Waals surface area contributed by atoms with Crippen LogP contribution in [-0.4, -0.2) is 19.5 Å². The van der Waals surface area contributed by atoms with Gasteiger partial charge in [0.15, 0.2) is 5.58 Å². The quantitative estimate of drug-likeness (QED) is 0.167. The molecule has 2 unspecified atom stereocenters. The van der Waals surface area contributed by atoms with E-state index in [1.165, 1.54) is 50.0 Å². The Morgan fingerprint density at radius 3 is 2.01 bits per heavy atom. The summed E-state index contributed by atoms with van der Waals surface area (Å²) >= 11 is 0. The maximum Gasteiger partial charge on any atom is 0.159 e. The van der Waals surface area contributed by atoms with E-state index in [4.69, 9.17) is 19.4 Å². The molecule has 14 rings (SSSR count). The molecule has 3 aliphatic carbocycles. The molecule has 0 radical (unpaired) electrons. The molecule has 0 saturated carbocycles. The average Bonchev–Trinajstić information content (AvgIpc) is 4.11. The lowest BCUT2D eigenvalue weighted by Crippen LogP contribution is -2.28. The minimum absolute atomic E-state index is 0.380. The molecule has 11 aromatic rings. The van der Waals surface area contributed by atoms with Gasteiger partial charge in [0.05, 0.1) is 50.8 Å². The number of furan rings is 1. The molecule has 0 saturated heterocycles. The fourth-order valence-corrected chi connectivity index (χ4v) is 11.6. The number of hydrogen-bond donors (Lipinski definition) is 0. The van der Waals surface area contributed by atoms with Crippen LogP contribution < -0.4 is 4.90 Å². The van der Waals surface area contributed by atoms with Crippen LogP contribution in [0.2, 0.25) is 0 Å². The van der Waals surface area contributed by atoms with E-state index in [2.05, 4.69) is 174 Å². The molecule has 5 heterocycles. The molecular weight excluding hydrogens is 819 g/mol. The van der Waals surface area contributed by atoms with Crippen molar-refractivity contribution in [2.45, 2.75) is 18.8 Å². The highest BCUT2D eigenvalue weighted by atomic mass is 16.3. The molecule has 0 fully saturated rings. The summed E-state index contributed by atoms with van der Waals surface area (Å²) in [5, 5.41) is 3.37. The predicted molar refractivity (Wildman–Crippen MR) is 271 cm³/mol. The maximum atomic E-state index is 6.78. The number of anilines is 3. The number of rotatable bonds is 6. The summed E-state index contributed by atoms with van der Waals surface area (Å²) in [5.74, 6) is 0.380. The van der Waals surface area contributed by atoms with Crippen LogP contribution >= 0.6 is 0 Å². The number of fused-ring (bicyclic) bond motifs is 14. The summed E-state index contributed by atoms with van der Waals surface area (Å²) in [7, 11) is 0. The topological polar surface area (TPSA) is 60.0 Å². The highest BCUT2D eigenvalue weighted by molar-refractivity contribution is 6.11. The SMILES string of the molecule is CC1C=CC2=C(C1)C1(c3ccccc32)c2ccccc2-c2c1c1cc(N(c3ccccc3)c3cccc4c3oc3ccccc34)ccc1n2-c1cc(-c2ccccn2)nc(-c2ccccn2)c1. The Balaban J connectivity index is 1.12. The van der Waals surface area contributed by atoms with Crippen LogP contribution in [0.1, 0.15) is 35.6 Å². The zero-order chi connectivity index (χ0) is 44.2. The van der Waals surface area contributed by atoms with Gasteiger partial charge in [0.25, 0.3) is 0 Å². The van der Waals surface area contributed by atoms with Gasteiger partial charge in [-0.3, -0.25) is 9.97 Å². The number of hydrogen-bond acceptors (Lipinski definition) is 5. The van der Waals surface area contributed by atoms with E-state index in [1.54, 1.807) is 0 Å². The molecule has 2 atom stereocenters. The Kier molecular flexibility index (Phi) is 8.14. The Morgan fingerprint density at radius 2 is 1.25 bits per heavy atom. The molecule has 0 bridgehead atoms. The van der Waals surface area contributed by atoms with Crippen LogP contribution in [-0.2, 0) is 5.41 Å². The van der Waals surface area contributed by atoms with Gasteiger partial charge >= 0.3 is 0 Å². The Morgan fingerprint density at radius 1 is 0.582 bits per heavy atom. The van der Waals surface area contributed by atoms with Crippen molar-refractivity contribution in [1.29, 1.82) is 0 Å². The predicted octanol–water partition coefficient (Wildman–Crippen LogP) is 15.2. The smallest absolute Gasteiger partial charge is 0.159 e. The van der Waals surface area contributed by atoms with Gasteiger partial charge in [-0.05, 0) is 119 Å². The normalized spacial score (nSPS) is 16.8. The Labute approximate surface area is 387 Å². The summed E-state index contributed by atoms with van der Waals surface area (Å²) in [5.41, 5.74) is 20.0. The van der Waals surface area contributed by atoms with Crippen molar-refractivity contribution in [2.75, 3.05) is 4.90 Å². The van der Waals surface area contributed by atoms with Crippen LogP contribution in [0.4, 0.5) is 17.1 Å². The molecule has 0 aliphatic heterocycles. The van der Waals surface area contributed by atoms with E-state index in [-0.39, 0.29) is 0 Å². The minimum Gasteiger partial charge on any atom is -0.454 e. The molecule has 0 N–H and O–H groups in total. The summed E-state index contributed by atoms with van der Waals surface area (Å²) in [6, 6.07) is 67.3. The highest BCUT2D eigenvalue weighted by Gasteiger charge is 2.55. The first-order valence-corrected chi connectivity index (χ1v) is 23.1. The third kappa shape index (κ3) is 5.41. The van der Waals surface area contributed by atoms with Gasteiger partial charge in [-0.1, -0.05) is 128 Å². The molecular formula is C61H41N5O. The van der Waals surface area contributed by atoms with E-state index in [0.717, 1.165) is 79.4 Å². The second-order valence-corrected chi connectivity index (χ2v) is 18.0. The molecule has 67 heavy (non-hydrogen) atoms. The molecule has 316 valence electrons. The monoisotopic (exact) mass is 859 g/mol. The van der Waals surface area contributed by atoms with Crippen molar-refractivity contribution in [3.63, 3.8) is 0 Å². The van der Waals surface area contributed by atoms with Crippen molar-refractivity contribution in [3.8, 4) is 39.7 Å². The van der Waals surface area contributed by atoms with Crippen molar-refractivity contribution >= 4 is 55.5 Å². The fourth-order valence-electron chi connectivity index (χ4n) is 11.6. The Hall–Kier alpha value is -8.61. The van der Waals surface area contributed by atoms with Gasteiger partial charge < -0.3 is 13.9 Å². The molecule has 6 heteroatoms. The first-order chi connectivity index (χ1) is 33.1. The van der Waals surface area contributed by atoms with E-state index < -0.39 is 5.41 Å². The van der Waals surface area contributed by atoms with Crippen LogP contribution in [0.15, 0.2) is 223 Å². The summed E-state index contributed by atoms with van der Waals surface area (Å²) in [4.78, 5) is 17.2. The van der Waals surface area contributed by atoms with Crippen molar-refractivity contribution in [2.24, 2.45) is 5.92 Å². The van der Waals surface area contributed by atoms with Crippen LogP contribution in [0.5, 0.6) is 0 Å². The standard InChI is InChI=1S/C61H41N5O/c1-38-28-30-43-42-18-5-8-22-48(42)61(50(43)34-38)49-23-9-6-20-46(49)59-58(61)47-35-40(65(39-16-3-2-4-17-39)56-26-15-21-45-44-19-7-10-27-57(44)67-60(45)56)29-31-55(47)66(59)41-36-53(51-24-11-13-32-62-51)64-54(37-41)52-25-12-14-33-63-52/h2-33,35-38H,34H2,1H3. The third-order valence-corrected chi connectivity index (χ3v) is 14.2. The number of pyridine rings is 3. The second kappa shape index (κ2) is 14.4. The van der Waals surface area contributed by atoms with E-state index in [9.17, 15) is 0 Å². The van der Waals surface area contributed by atoms with Crippen LogP contribution in [0, 0.1) is 5.92 Å². The number of allylic oxidation sites excluding steroid dienone is 4. The highest BCUT2D eigenvalue weighted by Crippen LogP contribution is 2.66. The summed E-state index contributed by atoms with van der Waals surface area (Å²) in [6.07, 6.45) is 9.41. The third-order valence-electron chi connectivity index (χ3n) is 14.2. The lowest BCUT2D eigenvalue weighted by atomic mass is 9.67. The number of benzene rings is 6. The van der Waals surface area contributed by atoms with Crippen LogP contribution in [0.3, 0.4) is 0 Å². The van der Waals surface area contributed by atoms with Gasteiger partial charge in [-0.15, -0.1) is 0 Å². The number of aromatic nitrogens is 4. The lowest BCUT2D eigenvalue weighted by molar-refractivity contribution is 0.633. The first kappa shape index (κ1) is 37.7.